The predicted molar refractivity (Wildman–Crippen MR) is 56.5 cm³/mol. The van der Waals surface area contributed by atoms with Crippen molar-refractivity contribution >= 4 is 17.5 Å². The van der Waals surface area contributed by atoms with Crippen molar-refractivity contribution in [1.29, 1.82) is 0 Å². The van der Waals surface area contributed by atoms with E-state index in [0.717, 1.165) is 19.6 Å². The van der Waals surface area contributed by atoms with Crippen LogP contribution in [0.25, 0.3) is 0 Å². The average molecular weight is 220 g/mol. The fourth-order valence-corrected chi connectivity index (χ4v) is 1.77. The van der Waals surface area contributed by atoms with Crippen LogP contribution in [-0.4, -0.2) is 41.5 Å². The fraction of sp³-hybridized carbons (Fsp3) is 0.900. The number of hydrogen-bond donors (Lipinski definition) is 0. The molecule has 1 rings (SSSR count). The SMILES string of the molecule is CC(Cl)C(=O)N1CCCOCC1(C)C. The number of rotatable bonds is 1. The zero-order valence-corrected chi connectivity index (χ0v) is 9.80. The Morgan fingerprint density at radius 1 is 1.57 bits per heavy atom. The Balaban J connectivity index is 2.76. The van der Waals surface area contributed by atoms with Crippen molar-refractivity contribution in [2.24, 2.45) is 0 Å². The first kappa shape index (κ1) is 11.8. The summed E-state index contributed by atoms with van der Waals surface area (Å²) in [5.74, 6) is 0.00201. The molecule has 1 saturated heterocycles. The fourth-order valence-electron chi connectivity index (χ4n) is 1.65. The van der Waals surface area contributed by atoms with E-state index in [4.69, 9.17) is 16.3 Å². The van der Waals surface area contributed by atoms with E-state index in [1.165, 1.54) is 0 Å². The topological polar surface area (TPSA) is 29.5 Å². The van der Waals surface area contributed by atoms with Gasteiger partial charge >= 0.3 is 0 Å². The molecule has 1 heterocycles. The summed E-state index contributed by atoms with van der Waals surface area (Å²) in [6.07, 6.45) is 0.888. The van der Waals surface area contributed by atoms with Gasteiger partial charge in [-0.1, -0.05) is 0 Å². The van der Waals surface area contributed by atoms with E-state index in [2.05, 4.69) is 0 Å². The molecule has 0 aromatic rings. The molecular weight excluding hydrogens is 202 g/mol. The highest BCUT2D eigenvalue weighted by atomic mass is 35.5. The molecule has 0 spiro atoms. The van der Waals surface area contributed by atoms with Gasteiger partial charge in [-0.05, 0) is 27.2 Å². The molecule has 0 aliphatic carbocycles. The van der Waals surface area contributed by atoms with Crippen molar-refractivity contribution in [3.63, 3.8) is 0 Å². The van der Waals surface area contributed by atoms with E-state index in [9.17, 15) is 4.79 Å². The molecule has 0 bridgehead atoms. The third kappa shape index (κ3) is 2.61. The van der Waals surface area contributed by atoms with Gasteiger partial charge < -0.3 is 9.64 Å². The molecule has 1 fully saturated rings. The lowest BCUT2D eigenvalue weighted by Gasteiger charge is -2.37. The summed E-state index contributed by atoms with van der Waals surface area (Å²) >= 11 is 5.81. The lowest BCUT2D eigenvalue weighted by atomic mass is 10.0. The number of nitrogens with zero attached hydrogens (tertiary/aromatic N) is 1. The van der Waals surface area contributed by atoms with E-state index in [1.807, 2.05) is 18.7 Å². The second-order valence-corrected chi connectivity index (χ2v) is 4.98. The minimum Gasteiger partial charge on any atom is -0.379 e. The van der Waals surface area contributed by atoms with Gasteiger partial charge in [0, 0.05) is 13.2 Å². The van der Waals surface area contributed by atoms with Gasteiger partial charge in [0.2, 0.25) is 5.91 Å². The zero-order chi connectivity index (χ0) is 10.8. The highest BCUT2D eigenvalue weighted by molar-refractivity contribution is 6.30. The summed E-state index contributed by atoms with van der Waals surface area (Å²) in [5.41, 5.74) is -0.239. The van der Waals surface area contributed by atoms with Crippen molar-refractivity contribution in [3.05, 3.63) is 0 Å². The number of alkyl halides is 1. The van der Waals surface area contributed by atoms with Gasteiger partial charge in [0.25, 0.3) is 0 Å². The molecule has 0 saturated carbocycles. The molecule has 14 heavy (non-hydrogen) atoms. The third-order valence-corrected chi connectivity index (χ3v) is 2.65. The molecule has 4 heteroatoms. The highest BCUT2D eigenvalue weighted by Gasteiger charge is 2.34. The highest BCUT2D eigenvalue weighted by Crippen LogP contribution is 2.20. The Kier molecular flexibility index (Phi) is 3.78. The maximum atomic E-state index is 11.8. The lowest BCUT2D eigenvalue weighted by molar-refractivity contribution is -0.136. The lowest BCUT2D eigenvalue weighted by Crippen LogP contribution is -2.51. The van der Waals surface area contributed by atoms with Crippen molar-refractivity contribution in [3.8, 4) is 0 Å². The Labute approximate surface area is 90.4 Å². The van der Waals surface area contributed by atoms with Crippen LogP contribution in [0.1, 0.15) is 27.2 Å². The summed E-state index contributed by atoms with van der Waals surface area (Å²) in [4.78, 5) is 13.6. The molecule has 1 amide bonds. The average Bonchev–Trinajstić information content (AvgIpc) is 2.24. The van der Waals surface area contributed by atoms with E-state index in [1.54, 1.807) is 6.92 Å². The molecule has 1 atom stereocenters. The van der Waals surface area contributed by atoms with Gasteiger partial charge in [0.1, 0.15) is 5.38 Å². The van der Waals surface area contributed by atoms with Gasteiger partial charge in [-0.3, -0.25) is 4.79 Å². The standard InChI is InChI=1S/C10H18ClNO2/c1-8(11)9(13)12-5-4-6-14-7-10(12,2)3/h8H,4-7H2,1-3H3. The molecular formula is C10H18ClNO2. The Hall–Kier alpha value is -0.280. The molecule has 1 unspecified atom stereocenters. The van der Waals surface area contributed by atoms with Gasteiger partial charge in [0.05, 0.1) is 12.1 Å². The minimum absolute atomic E-state index is 0.00201. The van der Waals surface area contributed by atoms with E-state index >= 15 is 0 Å². The van der Waals surface area contributed by atoms with E-state index in [-0.39, 0.29) is 11.4 Å². The molecule has 0 radical (unpaired) electrons. The molecule has 1 aliphatic heterocycles. The Morgan fingerprint density at radius 3 is 2.79 bits per heavy atom. The number of ether oxygens (including phenoxy) is 1. The molecule has 0 aromatic carbocycles. The Bertz CT molecular complexity index is 216. The Morgan fingerprint density at radius 2 is 2.21 bits per heavy atom. The maximum Gasteiger partial charge on any atom is 0.240 e. The first-order chi connectivity index (χ1) is 6.45. The first-order valence-electron chi connectivity index (χ1n) is 4.98. The smallest absolute Gasteiger partial charge is 0.240 e. The monoisotopic (exact) mass is 219 g/mol. The van der Waals surface area contributed by atoms with Crippen LogP contribution in [0.3, 0.4) is 0 Å². The van der Waals surface area contributed by atoms with Gasteiger partial charge in [-0.25, -0.2) is 0 Å². The van der Waals surface area contributed by atoms with Crippen LogP contribution in [0.5, 0.6) is 0 Å². The van der Waals surface area contributed by atoms with Crippen LogP contribution in [0.4, 0.5) is 0 Å². The summed E-state index contributed by atoms with van der Waals surface area (Å²) in [5, 5.41) is -0.452. The molecule has 0 aromatic heterocycles. The van der Waals surface area contributed by atoms with Gasteiger partial charge in [-0.15, -0.1) is 11.6 Å². The van der Waals surface area contributed by atoms with Crippen LogP contribution in [0.2, 0.25) is 0 Å². The van der Waals surface area contributed by atoms with Crippen molar-refractivity contribution < 1.29 is 9.53 Å². The predicted octanol–water partition coefficient (Wildman–Crippen LogP) is 1.64. The molecule has 0 N–H and O–H groups in total. The number of carbonyl (C=O) groups is 1. The summed E-state index contributed by atoms with van der Waals surface area (Å²) < 4.78 is 5.43. The molecule has 3 nitrogen and oxygen atoms in total. The number of hydrogen-bond acceptors (Lipinski definition) is 2. The summed E-state index contributed by atoms with van der Waals surface area (Å²) in [6.45, 7) is 7.78. The largest absolute Gasteiger partial charge is 0.379 e. The van der Waals surface area contributed by atoms with Crippen LogP contribution >= 0.6 is 11.6 Å². The van der Waals surface area contributed by atoms with E-state index in [0.29, 0.717) is 6.61 Å². The zero-order valence-electron chi connectivity index (χ0n) is 9.05. The summed E-state index contributed by atoms with van der Waals surface area (Å²) in [6, 6.07) is 0. The third-order valence-electron chi connectivity index (χ3n) is 2.46. The van der Waals surface area contributed by atoms with Gasteiger partial charge in [-0.2, -0.15) is 0 Å². The van der Waals surface area contributed by atoms with Crippen molar-refractivity contribution in [2.45, 2.75) is 38.1 Å². The molecule has 1 aliphatic rings. The van der Waals surface area contributed by atoms with Crippen molar-refractivity contribution in [1.82, 2.24) is 4.90 Å². The summed E-state index contributed by atoms with van der Waals surface area (Å²) in [7, 11) is 0. The van der Waals surface area contributed by atoms with Crippen molar-refractivity contribution in [2.75, 3.05) is 19.8 Å². The number of halogens is 1. The minimum atomic E-state index is -0.452. The second-order valence-electron chi connectivity index (χ2n) is 4.32. The van der Waals surface area contributed by atoms with Crippen LogP contribution < -0.4 is 0 Å². The van der Waals surface area contributed by atoms with Crippen LogP contribution in [-0.2, 0) is 9.53 Å². The quantitative estimate of drug-likeness (QED) is 0.628. The first-order valence-corrected chi connectivity index (χ1v) is 5.42. The normalized spacial score (nSPS) is 24.1. The molecule has 82 valence electrons. The van der Waals surface area contributed by atoms with Gasteiger partial charge in [0.15, 0.2) is 0 Å². The number of amides is 1. The van der Waals surface area contributed by atoms with Crippen LogP contribution in [0, 0.1) is 0 Å². The second kappa shape index (κ2) is 4.49. The van der Waals surface area contributed by atoms with E-state index < -0.39 is 5.38 Å². The van der Waals surface area contributed by atoms with Crippen LogP contribution in [0.15, 0.2) is 0 Å². The maximum absolute atomic E-state index is 11.8. The number of carbonyl (C=O) groups excluding carboxylic acids is 1.